The Morgan fingerprint density at radius 3 is 2.44 bits per heavy atom. The zero-order chi connectivity index (χ0) is 13.5. The lowest BCUT2D eigenvalue weighted by Gasteiger charge is -2.37. The van der Waals surface area contributed by atoms with Crippen molar-refractivity contribution in [2.45, 2.75) is 38.5 Å². The molecule has 102 valence electrons. The van der Waals surface area contributed by atoms with E-state index in [0.29, 0.717) is 19.5 Å². The second kappa shape index (κ2) is 4.48. The number of carbonyl (C=O) groups is 1. The van der Waals surface area contributed by atoms with E-state index in [9.17, 15) is 18.0 Å². The molecule has 0 N–H and O–H groups in total. The lowest BCUT2D eigenvalue weighted by atomic mass is 10.0. The summed E-state index contributed by atoms with van der Waals surface area (Å²) in [6, 6.07) is -2.55. The molecular weight excluding hydrogens is 245 g/mol. The largest absolute Gasteiger partial charge is 0.409 e. The molecule has 6 heteroatoms. The van der Waals surface area contributed by atoms with Crippen LogP contribution in [0, 0.1) is 5.92 Å². The van der Waals surface area contributed by atoms with Crippen molar-refractivity contribution in [2.24, 2.45) is 5.92 Å². The quantitative estimate of drug-likeness (QED) is 0.702. The Kier molecular flexibility index (Phi) is 3.29. The summed E-state index contributed by atoms with van der Waals surface area (Å²) in [7, 11) is 0. The van der Waals surface area contributed by atoms with Crippen molar-refractivity contribution in [3.05, 3.63) is 12.2 Å². The van der Waals surface area contributed by atoms with Crippen LogP contribution in [-0.4, -0.2) is 47.2 Å². The van der Waals surface area contributed by atoms with E-state index in [-0.39, 0.29) is 0 Å². The Morgan fingerprint density at radius 2 is 1.94 bits per heavy atom. The molecule has 18 heavy (non-hydrogen) atoms. The lowest BCUT2D eigenvalue weighted by Crippen LogP contribution is -2.55. The van der Waals surface area contributed by atoms with E-state index < -0.39 is 30.2 Å². The highest BCUT2D eigenvalue weighted by molar-refractivity contribution is 5.76. The monoisotopic (exact) mass is 262 g/mol. The fourth-order valence-corrected chi connectivity index (χ4v) is 2.88. The molecule has 2 amide bonds. The van der Waals surface area contributed by atoms with E-state index in [0.717, 1.165) is 4.90 Å². The summed E-state index contributed by atoms with van der Waals surface area (Å²) in [4.78, 5) is 14.6. The summed E-state index contributed by atoms with van der Waals surface area (Å²) in [6.07, 6.45) is -0.646. The van der Waals surface area contributed by atoms with Crippen molar-refractivity contribution in [3.8, 4) is 0 Å². The van der Waals surface area contributed by atoms with Crippen LogP contribution in [0.4, 0.5) is 18.0 Å². The van der Waals surface area contributed by atoms with Gasteiger partial charge in [0.2, 0.25) is 0 Å². The Labute approximate surface area is 104 Å². The highest BCUT2D eigenvalue weighted by atomic mass is 19.4. The van der Waals surface area contributed by atoms with Crippen molar-refractivity contribution in [1.82, 2.24) is 9.80 Å². The molecule has 0 spiro atoms. The van der Waals surface area contributed by atoms with Gasteiger partial charge in [-0.05, 0) is 20.3 Å². The van der Waals surface area contributed by atoms with Crippen LogP contribution < -0.4 is 0 Å². The lowest BCUT2D eigenvalue weighted by molar-refractivity contribution is -0.179. The standard InChI is InChI=1S/C12H17F3N2O/c1-3-16(4-2)11(18)17-9-6-5-8(7-9)10(17)12(13,14)15/h5-6,8-10H,3-4,7H2,1-2H3/t8-,9+,10?/m1/s1. The van der Waals surface area contributed by atoms with Crippen molar-refractivity contribution < 1.29 is 18.0 Å². The number of alkyl halides is 3. The normalized spacial score (nSPS) is 30.1. The molecule has 2 bridgehead atoms. The minimum Gasteiger partial charge on any atom is -0.325 e. The molecule has 0 aromatic rings. The highest BCUT2D eigenvalue weighted by Gasteiger charge is 2.57. The number of likely N-dealkylation sites (tertiary alicyclic amines) is 1. The highest BCUT2D eigenvalue weighted by Crippen LogP contribution is 2.45. The van der Waals surface area contributed by atoms with Crippen LogP contribution in [0.2, 0.25) is 0 Å². The number of hydrogen-bond donors (Lipinski definition) is 0. The molecule has 0 radical (unpaired) electrons. The third-order valence-electron chi connectivity index (χ3n) is 3.75. The average molecular weight is 262 g/mol. The molecule has 1 fully saturated rings. The molecule has 1 heterocycles. The van der Waals surface area contributed by atoms with Crippen LogP contribution >= 0.6 is 0 Å². The minimum atomic E-state index is -4.35. The van der Waals surface area contributed by atoms with Gasteiger partial charge in [-0.25, -0.2) is 4.79 Å². The van der Waals surface area contributed by atoms with E-state index >= 15 is 0 Å². The maximum absolute atomic E-state index is 13.1. The predicted octanol–water partition coefficient (Wildman–Crippen LogP) is 2.64. The third kappa shape index (κ3) is 1.97. The van der Waals surface area contributed by atoms with Gasteiger partial charge in [0.25, 0.3) is 0 Å². The van der Waals surface area contributed by atoms with Crippen LogP contribution in [0.15, 0.2) is 12.2 Å². The average Bonchev–Trinajstić information content (AvgIpc) is 2.88. The van der Waals surface area contributed by atoms with Gasteiger partial charge in [0.1, 0.15) is 6.04 Å². The summed E-state index contributed by atoms with van der Waals surface area (Å²) in [5.74, 6) is -0.575. The fourth-order valence-electron chi connectivity index (χ4n) is 2.88. The van der Waals surface area contributed by atoms with Crippen molar-refractivity contribution in [1.29, 1.82) is 0 Å². The molecule has 2 aliphatic rings. The van der Waals surface area contributed by atoms with Gasteiger partial charge in [-0.1, -0.05) is 12.2 Å². The van der Waals surface area contributed by atoms with Crippen LogP contribution in [0.3, 0.4) is 0 Å². The van der Waals surface area contributed by atoms with Crippen molar-refractivity contribution in [3.63, 3.8) is 0 Å². The number of rotatable bonds is 2. The SMILES string of the molecule is CCN(CC)C(=O)N1C(C(F)(F)F)[C@@H]2C=C[C@H]1C2. The molecular formula is C12H17F3N2O. The number of amides is 2. The fraction of sp³-hybridized carbons (Fsp3) is 0.750. The van der Waals surface area contributed by atoms with Crippen LogP contribution in [0.1, 0.15) is 20.3 Å². The van der Waals surface area contributed by atoms with Crippen molar-refractivity contribution >= 4 is 6.03 Å². The zero-order valence-corrected chi connectivity index (χ0v) is 10.4. The van der Waals surface area contributed by atoms with Gasteiger partial charge in [-0.3, -0.25) is 0 Å². The predicted molar refractivity (Wildman–Crippen MR) is 61.0 cm³/mol. The molecule has 1 unspecified atom stereocenters. The van der Waals surface area contributed by atoms with Crippen LogP contribution in [0.25, 0.3) is 0 Å². The Balaban J connectivity index is 2.25. The first kappa shape index (κ1) is 13.2. The molecule has 3 atom stereocenters. The molecule has 2 rings (SSSR count). The van der Waals surface area contributed by atoms with Gasteiger partial charge in [0.05, 0.1) is 6.04 Å². The van der Waals surface area contributed by atoms with E-state index in [4.69, 9.17) is 0 Å². The van der Waals surface area contributed by atoms with E-state index in [1.165, 1.54) is 4.90 Å². The second-order valence-electron chi connectivity index (χ2n) is 4.70. The van der Waals surface area contributed by atoms with E-state index in [1.54, 1.807) is 26.0 Å². The summed E-state index contributed by atoms with van der Waals surface area (Å²) in [5.41, 5.74) is 0. The summed E-state index contributed by atoms with van der Waals surface area (Å²) < 4.78 is 39.2. The molecule has 1 aliphatic heterocycles. The number of halogens is 3. The number of urea groups is 1. The second-order valence-corrected chi connectivity index (χ2v) is 4.70. The molecule has 0 aromatic carbocycles. The number of carbonyl (C=O) groups excluding carboxylic acids is 1. The minimum absolute atomic E-state index is 0.394. The first-order valence-electron chi connectivity index (χ1n) is 6.22. The first-order chi connectivity index (χ1) is 8.40. The summed E-state index contributed by atoms with van der Waals surface area (Å²) in [5, 5.41) is 0. The summed E-state index contributed by atoms with van der Waals surface area (Å²) in [6.45, 7) is 4.40. The number of nitrogens with zero attached hydrogens (tertiary/aromatic N) is 2. The van der Waals surface area contributed by atoms with Crippen LogP contribution in [-0.2, 0) is 0 Å². The molecule has 0 aromatic heterocycles. The van der Waals surface area contributed by atoms with E-state index in [2.05, 4.69) is 0 Å². The zero-order valence-electron chi connectivity index (χ0n) is 10.4. The van der Waals surface area contributed by atoms with Gasteiger partial charge in [0, 0.05) is 19.0 Å². The first-order valence-corrected chi connectivity index (χ1v) is 6.22. The molecule has 0 saturated carbocycles. The summed E-state index contributed by atoms with van der Waals surface area (Å²) >= 11 is 0. The van der Waals surface area contributed by atoms with Gasteiger partial charge >= 0.3 is 12.2 Å². The Bertz CT molecular complexity index is 363. The molecule has 3 nitrogen and oxygen atoms in total. The topological polar surface area (TPSA) is 23.6 Å². The maximum atomic E-state index is 13.1. The van der Waals surface area contributed by atoms with Crippen molar-refractivity contribution in [2.75, 3.05) is 13.1 Å². The number of fused-ring (bicyclic) bond motifs is 2. The maximum Gasteiger partial charge on any atom is 0.409 e. The van der Waals surface area contributed by atoms with Gasteiger partial charge in [0.15, 0.2) is 0 Å². The molecule has 1 saturated heterocycles. The Morgan fingerprint density at radius 1 is 1.33 bits per heavy atom. The number of hydrogen-bond acceptors (Lipinski definition) is 1. The smallest absolute Gasteiger partial charge is 0.325 e. The third-order valence-corrected chi connectivity index (χ3v) is 3.75. The molecule has 1 aliphatic carbocycles. The van der Waals surface area contributed by atoms with Crippen LogP contribution in [0.5, 0.6) is 0 Å². The van der Waals surface area contributed by atoms with E-state index in [1.807, 2.05) is 0 Å². The van der Waals surface area contributed by atoms with Gasteiger partial charge in [-0.2, -0.15) is 13.2 Å². The van der Waals surface area contributed by atoms with Gasteiger partial charge in [-0.15, -0.1) is 0 Å². The Hall–Kier alpha value is -1.20. The van der Waals surface area contributed by atoms with Gasteiger partial charge < -0.3 is 9.80 Å².